The molecule has 3 rings (SSSR count). The summed E-state index contributed by atoms with van der Waals surface area (Å²) in [6.45, 7) is 0. The number of nitrogens with one attached hydrogen (secondary N) is 3. The molecule has 1 aliphatic carbocycles. The predicted octanol–water partition coefficient (Wildman–Crippen LogP) is 3.50. The number of fused-ring (bicyclic) bond motifs is 1. The maximum atomic E-state index is 13.3. The molecule has 188 valence electrons. The second-order valence-electron chi connectivity index (χ2n) is 9.25. The summed E-state index contributed by atoms with van der Waals surface area (Å²) >= 11 is 0. The fourth-order valence-corrected chi connectivity index (χ4v) is 4.46. The van der Waals surface area contributed by atoms with Gasteiger partial charge in [-0.05, 0) is 67.5 Å². The zero-order valence-electron chi connectivity index (χ0n) is 20.5. The van der Waals surface area contributed by atoms with Crippen LogP contribution >= 0.6 is 0 Å². The molecule has 8 nitrogen and oxygen atoms in total. The Morgan fingerprint density at radius 3 is 2.49 bits per heavy atom. The molecular weight excluding hydrogens is 444 g/mol. The monoisotopic (exact) mass is 480 g/mol. The Morgan fingerprint density at radius 1 is 1.03 bits per heavy atom. The molecule has 3 amide bonds. The largest absolute Gasteiger partial charge is 0.378 e. The maximum Gasteiger partial charge on any atom is 0.251 e. The van der Waals surface area contributed by atoms with Gasteiger partial charge in [0.05, 0.1) is 6.04 Å². The minimum Gasteiger partial charge on any atom is -0.378 e. The highest BCUT2D eigenvalue weighted by Crippen LogP contribution is 2.29. The number of unbranched alkanes of at least 4 members (excludes halogenated alkanes) is 2. The lowest BCUT2D eigenvalue weighted by atomic mass is 9.87. The fourth-order valence-electron chi connectivity index (χ4n) is 4.46. The highest BCUT2D eigenvalue weighted by atomic mass is 16.5. The molecule has 0 spiro atoms. The molecule has 0 aliphatic heterocycles. The van der Waals surface area contributed by atoms with Gasteiger partial charge >= 0.3 is 0 Å². The molecule has 1 aliphatic rings. The van der Waals surface area contributed by atoms with Crippen molar-refractivity contribution in [2.75, 3.05) is 19.0 Å². The van der Waals surface area contributed by atoms with Crippen molar-refractivity contribution < 1.29 is 19.6 Å². The van der Waals surface area contributed by atoms with Crippen LogP contribution in [-0.4, -0.2) is 43.1 Å². The predicted molar refractivity (Wildman–Crippen MR) is 135 cm³/mol. The van der Waals surface area contributed by atoms with Crippen LogP contribution < -0.4 is 21.0 Å². The van der Waals surface area contributed by atoms with Gasteiger partial charge in [0.15, 0.2) is 0 Å². The topological polar surface area (TPSA) is 111 Å². The lowest BCUT2D eigenvalue weighted by Crippen LogP contribution is -2.48. The van der Waals surface area contributed by atoms with Crippen LogP contribution in [0.25, 0.3) is 0 Å². The molecule has 35 heavy (non-hydrogen) atoms. The van der Waals surface area contributed by atoms with Gasteiger partial charge in [-0.2, -0.15) is 0 Å². The van der Waals surface area contributed by atoms with Crippen LogP contribution in [0.2, 0.25) is 0 Å². The number of hydroxylamine groups is 1. The molecular formula is C27H36N4O4. The molecule has 0 aromatic heterocycles. The normalized spacial score (nSPS) is 15.5. The fraction of sp³-hybridized carbons (Fsp3) is 0.444. The SMILES string of the molecule is CN(C)c1ccc(C(=O)NC(CCCCCC(=O)NO)C(=O)NC2CCCc3ccccc32)cc1. The van der Waals surface area contributed by atoms with Crippen molar-refractivity contribution in [3.63, 3.8) is 0 Å². The number of nitrogens with zero attached hydrogens (tertiary/aromatic N) is 1. The highest BCUT2D eigenvalue weighted by molar-refractivity contribution is 5.97. The summed E-state index contributed by atoms with van der Waals surface area (Å²) in [5.74, 6) is -0.915. The number of carbonyl (C=O) groups is 3. The average molecular weight is 481 g/mol. The number of rotatable bonds is 11. The van der Waals surface area contributed by atoms with Crippen molar-refractivity contribution in [2.45, 2.75) is 63.5 Å². The van der Waals surface area contributed by atoms with Gasteiger partial charge in [-0.25, -0.2) is 5.48 Å². The number of carbonyl (C=O) groups excluding carboxylic acids is 3. The Labute approximate surface area is 207 Å². The van der Waals surface area contributed by atoms with Gasteiger partial charge in [-0.3, -0.25) is 19.6 Å². The van der Waals surface area contributed by atoms with Gasteiger partial charge in [0.2, 0.25) is 11.8 Å². The van der Waals surface area contributed by atoms with Crippen molar-refractivity contribution in [1.29, 1.82) is 0 Å². The summed E-state index contributed by atoms with van der Waals surface area (Å²) in [4.78, 5) is 39.5. The smallest absolute Gasteiger partial charge is 0.251 e. The first-order chi connectivity index (χ1) is 16.9. The van der Waals surface area contributed by atoms with Crippen molar-refractivity contribution in [3.8, 4) is 0 Å². The first-order valence-electron chi connectivity index (χ1n) is 12.3. The molecule has 0 heterocycles. The molecule has 0 radical (unpaired) electrons. The first kappa shape index (κ1) is 26.2. The van der Waals surface area contributed by atoms with Gasteiger partial charge in [0.1, 0.15) is 6.04 Å². The van der Waals surface area contributed by atoms with Gasteiger partial charge in [-0.1, -0.05) is 37.1 Å². The minimum atomic E-state index is -0.684. The first-order valence-corrected chi connectivity index (χ1v) is 12.3. The summed E-state index contributed by atoms with van der Waals surface area (Å²) in [7, 11) is 3.87. The standard InChI is InChI=1S/C27H36N4O4/c1-31(2)21-17-15-20(16-18-21)26(33)29-24(12-4-3-5-14-25(32)30-35)27(34)28-23-13-8-10-19-9-6-7-11-22(19)23/h6-7,9,11,15-18,23-24,35H,3-5,8,10,12-14H2,1-2H3,(H,28,34)(H,29,33)(H,30,32). The zero-order valence-corrected chi connectivity index (χ0v) is 20.5. The van der Waals surface area contributed by atoms with E-state index in [1.54, 1.807) is 17.6 Å². The van der Waals surface area contributed by atoms with E-state index in [9.17, 15) is 14.4 Å². The summed E-state index contributed by atoms with van der Waals surface area (Å²) in [6, 6.07) is 14.7. The van der Waals surface area contributed by atoms with Crippen LogP contribution in [0, 0.1) is 0 Å². The molecule has 8 heteroatoms. The molecule has 0 fully saturated rings. The van der Waals surface area contributed by atoms with Crippen LogP contribution in [0.4, 0.5) is 5.69 Å². The average Bonchev–Trinajstić information content (AvgIpc) is 2.87. The number of hydrogen-bond donors (Lipinski definition) is 4. The number of anilines is 1. The van der Waals surface area contributed by atoms with Crippen LogP contribution in [-0.2, 0) is 16.0 Å². The van der Waals surface area contributed by atoms with E-state index in [4.69, 9.17) is 5.21 Å². The van der Waals surface area contributed by atoms with Gasteiger partial charge < -0.3 is 15.5 Å². The third-order valence-corrected chi connectivity index (χ3v) is 6.47. The van der Waals surface area contributed by atoms with Crippen molar-refractivity contribution >= 4 is 23.4 Å². The number of benzene rings is 2. The third kappa shape index (κ3) is 7.55. The Morgan fingerprint density at radius 2 is 1.77 bits per heavy atom. The van der Waals surface area contributed by atoms with E-state index >= 15 is 0 Å². The lowest BCUT2D eigenvalue weighted by Gasteiger charge is -2.28. The van der Waals surface area contributed by atoms with E-state index in [0.717, 1.165) is 30.5 Å². The Hall–Kier alpha value is -3.39. The zero-order chi connectivity index (χ0) is 25.2. The van der Waals surface area contributed by atoms with E-state index in [0.29, 0.717) is 31.2 Å². The lowest BCUT2D eigenvalue weighted by molar-refractivity contribution is -0.129. The second kappa shape index (κ2) is 12.9. The molecule has 0 saturated carbocycles. The van der Waals surface area contributed by atoms with Gasteiger partial charge in [0, 0.05) is 31.8 Å². The molecule has 0 bridgehead atoms. The molecule has 0 saturated heterocycles. The Bertz CT molecular complexity index is 1010. The molecule has 2 unspecified atom stereocenters. The van der Waals surface area contributed by atoms with Crippen molar-refractivity contribution in [2.24, 2.45) is 0 Å². The summed E-state index contributed by atoms with van der Waals surface area (Å²) in [5.41, 5.74) is 5.51. The second-order valence-corrected chi connectivity index (χ2v) is 9.25. The highest BCUT2D eigenvalue weighted by Gasteiger charge is 2.26. The summed E-state index contributed by atoms with van der Waals surface area (Å²) in [6.07, 6.45) is 5.52. The van der Waals surface area contributed by atoms with E-state index in [1.165, 1.54) is 5.56 Å². The van der Waals surface area contributed by atoms with Crippen molar-refractivity contribution in [3.05, 3.63) is 65.2 Å². The molecule has 2 aromatic carbocycles. The van der Waals surface area contributed by atoms with E-state index < -0.39 is 11.9 Å². The van der Waals surface area contributed by atoms with Crippen LogP contribution in [0.1, 0.15) is 72.5 Å². The van der Waals surface area contributed by atoms with Crippen LogP contribution in [0.15, 0.2) is 48.5 Å². The van der Waals surface area contributed by atoms with Crippen molar-refractivity contribution in [1.82, 2.24) is 16.1 Å². The third-order valence-electron chi connectivity index (χ3n) is 6.47. The number of amides is 3. The molecule has 2 aromatic rings. The van der Waals surface area contributed by atoms with Gasteiger partial charge in [0.25, 0.3) is 5.91 Å². The Kier molecular flexibility index (Phi) is 9.66. The molecule has 2 atom stereocenters. The van der Waals surface area contributed by atoms with E-state index in [-0.39, 0.29) is 24.3 Å². The van der Waals surface area contributed by atoms with E-state index in [1.807, 2.05) is 43.3 Å². The quantitative estimate of drug-likeness (QED) is 0.224. The van der Waals surface area contributed by atoms with Crippen LogP contribution in [0.5, 0.6) is 0 Å². The number of aryl methyl sites for hydroxylation is 1. The molecule has 4 N–H and O–H groups in total. The summed E-state index contributed by atoms with van der Waals surface area (Å²) in [5, 5.41) is 14.7. The maximum absolute atomic E-state index is 13.3. The number of hydrogen-bond acceptors (Lipinski definition) is 5. The summed E-state index contributed by atoms with van der Waals surface area (Å²) < 4.78 is 0. The Balaban J connectivity index is 1.66. The van der Waals surface area contributed by atoms with Gasteiger partial charge in [-0.15, -0.1) is 0 Å². The van der Waals surface area contributed by atoms with E-state index in [2.05, 4.69) is 22.8 Å². The van der Waals surface area contributed by atoms with Crippen LogP contribution in [0.3, 0.4) is 0 Å². The minimum absolute atomic E-state index is 0.0699.